The van der Waals surface area contributed by atoms with Gasteiger partial charge in [-0.05, 0) is 66.9 Å². The molecular weight excluding hydrogens is 489 g/mol. The Bertz CT molecular complexity index is 1320. The minimum atomic E-state index is -0.597. The van der Waals surface area contributed by atoms with Gasteiger partial charge in [-0.2, -0.15) is 5.26 Å². The summed E-state index contributed by atoms with van der Waals surface area (Å²) in [5.41, 5.74) is 2.80. The number of anilines is 2. The highest BCUT2D eigenvalue weighted by molar-refractivity contribution is 8.05. The molecule has 8 heteroatoms. The summed E-state index contributed by atoms with van der Waals surface area (Å²) in [7, 11) is 0. The largest absolute Gasteiger partial charge is 0.321 e. The van der Waals surface area contributed by atoms with Crippen molar-refractivity contribution in [3.8, 4) is 6.07 Å². The van der Waals surface area contributed by atoms with Crippen LogP contribution in [0.25, 0.3) is 0 Å². The Morgan fingerprint density at radius 2 is 1.79 bits per heavy atom. The number of hydrogen-bond acceptors (Lipinski definition) is 4. The maximum atomic E-state index is 13.5. The van der Waals surface area contributed by atoms with Crippen molar-refractivity contribution in [2.24, 2.45) is 0 Å². The zero-order chi connectivity index (χ0) is 24.2. The molecular formula is C26H19Cl2N3O2S. The van der Waals surface area contributed by atoms with Crippen molar-refractivity contribution in [2.45, 2.75) is 18.6 Å². The van der Waals surface area contributed by atoms with Crippen LogP contribution in [0.3, 0.4) is 0 Å². The number of halogens is 2. The van der Waals surface area contributed by atoms with Crippen LogP contribution in [0.5, 0.6) is 0 Å². The predicted octanol–water partition coefficient (Wildman–Crippen LogP) is 6.37. The van der Waals surface area contributed by atoms with Gasteiger partial charge in [0.1, 0.15) is 16.7 Å². The molecule has 3 aromatic carbocycles. The Morgan fingerprint density at radius 1 is 1.09 bits per heavy atom. The number of carbonyl (C=O) groups is 2. The molecule has 1 aliphatic rings. The summed E-state index contributed by atoms with van der Waals surface area (Å²) >= 11 is 13.4. The third-order valence-electron chi connectivity index (χ3n) is 5.28. The Morgan fingerprint density at radius 3 is 2.44 bits per heavy atom. The fourth-order valence-electron chi connectivity index (χ4n) is 3.50. The molecule has 1 fully saturated rings. The second kappa shape index (κ2) is 10.4. The molecule has 34 heavy (non-hydrogen) atoms. The highest BCUT2D eigenvalue weighted by Crippen LogP contribution is 2.42. The van der Waals surface area contributed by atoms with Gasteiger partial charge in [0.05, 0.1) is 5.25 Å². The van der Waals surface area contributed by atoms with Gasteiger partial charge in [0.2, 0.25) is 5.91 Å². The van der Waals surface area contributed by atoms with E-state index in [1.54, 1.807) is 48.5 Å². The van der Waals surface area contributed by atoms with Gasteiger partial charge in [0.25, 0.3) is 5.91 Å². The van der Waals surface area contributed by atoms with Gasteiger partial charge in [-0.3, -0.25) is 14.5 Å². The van der Waals surface area contributed by atoms with Crippen molar-refractivity contribution in [2.75, 3.05) is 10.2 Å². The third-order valence-corrected chi connectivity index (χ3v) is 7.20. The number of benzene rings is 3. The van der Waals surface area contributed by atoms with Crippen molar-refractivity contribution in [1.82, 2.24) is 0 Å². The number of aryl methyl sites for hydroxylation is 1. The van der Waals surface area contributed by atoms with Crippen LogP contribution in [0.1, 0.15) is 11.1 Å². The topological polar surface area (TPSA) is 73.2 Å². The van der Waals surface area contributed by atoms with E-state index in [-0.39, 0.29) is 11.5 Å². The lowest BCUT2D eigenvalue weighted by Crippen LogP contribution is -2.30. The molecule has 1 saturated heterocycles. The Kier molecular flexibility index (Phi) is 7.28. The van der Waals surface area contributed by atoms with E-state index in [0.29, 0.717) is 32.9 Å². The summed E-state index contributed by atoms with van der Waals surface area (Å²) in [6.07, 6.45) is 0.411. The van der Waals surface area contributed by atoms with Crippen LogP contribution < -0.4 is 10.2 Å². The molecule has 5 nitrogen and oxygen atoms in total. The molecule has 0 saturated carbocycles. The fraction of sp³-hybridized carbons (Fsp3) is 0.115. The maximum Gasteiger partial charge on any atom is 0.269 e. The molecule has 170 valence electrons. The number of nitrogens with one attached hydrogen (secondary N) is 1. The first-order valence-electron chi connectivity index (χ1n) is 10.4. The SMILES string of the molecule is Cc1ccc(C[C@H]2S/C(=C(/C#N)C(=O)Nc3ccc(Cl)cc3)N(c3ccccc3)C2=O)cc1Cl. The van der Waals surface area contributed by atoms with Crippen LogP contribution in [-0.2, 0) is 16.0 Å². The number of para-hydroxylation sites is 1. The molecule has 1 N–H and O–H groups in total. The Balaban J connectivity index is 1.70. The van der Waals surface area contributed by atoms with Crippen LogP contribution in [0.2, 0.25) is 10.0 Å². The molecule has 0 radical (unpaired) electrons. The summed E-state index contributed by atoms with van der Waals surface area (Å²) in [6.45, 7) is 1.91. The normalized spacial score (nSPS) is 16.8. The highest BCUT2D eigenvalue weighted by atomic mass is 35.5. The minimum Gasteiger partial charge on any atom is -0.321 e. The van der Waals surface area contributed by atoms with Crippen LogP contribution >= 0.6 is 35.0 Å². The number of nitrogens with zero attached hydrogens (tertiary/aromatic N) is 2. The minimum absolute atomic E-state index is 0.137. The number of carbonyl (C=O) groups excluding carboxylic acids is 2. The third kappa shape index (κ3) is 5.13. The van der Waals surface area contributed by atoms with Crippen LogP contribution in [0.4, 0.5) is 11.4 Å². The van der Waals surface area contributed by atoms with E-state index in [1.807, 2.05) is 37.3 Å². The molecule has 1 atom stereocenters. The van der Waals surface area contributed by atoms with E-state index in [1.165, 1.54) is 16.7 Å². The first-order valence-corrected chi connectivity index (χ1v) is 12.0. The van der Waals surface area contributed by atoms with Crippen LogP contribution in [-0.4, -0.2) is 17.1 Å². The molecule has 1 heterocycles. The number of rotatable bonds is 5. The van der Waals surface area contributed by atoms with E-state index < -0.39 is 11.2 Å². The van der Waals surface area contributed by atoms with Gasteiger partial charge in [0.15, 0.2) is 0 Å². The lowest BCUT2D eigenvalue weighted by atomic mass is 10.1. The quantitative estimate of drug-likeness (QED) is 0.321. The lowest BCUT2D eigenvalue weighted by molar-refractivity contribution is -0.117. The molecule has 3 aromatic rings. The predicted molar refractivity (Wildman–Crippen MR) is 138 cm³/mol. The zero-order valence-electron chi connectivity index (χ0n) is 18.1. The van der Waals surface area contributed by atoms with E-state index in [9.17, 15) is 14.9 Å². The van der Waals surface area contributed by atoms with Gasteiger partial charge in [-0.15, -0.1) is 0 Å². The molecule has 0 unspecified atom stereocenters. The molecule has 2 amide bonds. The van der Waals surface area contributed by atoms with Crippen LogP contribution in [0, 0.1) is 18.3 Å². The summed E-state index contributed by atoms with van der Waals surface area (Å²) in [5, 5.41) is 13.6. The molecule has 4 rings (SSSR count). The van der Waals surface area contributed by atoms with Gasteiger partial charge in [0, 0.05) is 21.4 Å². The summed E-state index contributed by atoms with van der Waals surface area (Å²) in [6, 6.07) is 23.3. The van der Waals surface area contributed by atoms with Crippen LogP contribution in [0.15, 0.2) is 83.4 Å². The average Bonchev–Trinajstić information content (AvgIpc) is 3.14. The number of hydrogen-bond donors (Lipinski definition) is 1. The van der Waals surface area contributed by atoms with Gasteiger partial charge in [-0.1, -0.05) is 65.3 Å². The number of amides is 2. The second-order valence-electron chi connectivity index (χ2n) is 7.66. The van der Waals surface area contributed by atoms with Gasteiger partial charge in [-0.25, -0.2) is 0 Å². The maximum absolute atomic E-state index is 13.5. The van der Waals surface area contributed by atoms with E-state index in [2.05, 4.69) is 5.32 Å². The summed E-state index contributed by atoms with van der Waals surface area (Å²) < 4.78 is 0. The average molecular weight is 508 g/mol. The van der Waals surface area contributed by atoms with E-state index >= 15 is 0 Å². The second-order valence-corrected chi connectivity index (χ2v) is 9.69. The molecule has 0 bridgehead atoms. The molecule has 0 aromatic heterocycles. The lowest BCUT2D eigenvalue weighted by Gasteiger charge is -2.18. The summed E-state index contributed by atoms with van der Waals surface area (Å²) in [5.74, 6) is -0.796. The summed E-state index contributed by atoms with van der Waals surface area (Å²) in [4.78, 5) is 28.0. The molecule has 1 aliphatic heterocycles. The van der Waals surface area contributed by atoms with Crippen molar-refractivity contribution in [3.05, 3.63) is 105 Å². The van der Waals surface area contributed by atoms with Crippen molar-refractivity contribution >= 4 is 58.2 Å². The van der Waals surface area contributed by atoms with Crippen molar-refractivity contribution in [3.63, 3.8) is 0 Å². The first-order chi connectivity index (χ1) is 16.4. The number of nitriles is 1. The smallest absolute Gasteiger partial charge is 0.269 e. The highest BCUT2D eigenvalue weighted by Gasteiger charge is 2.40. The first kappa shape index (κ1) is 23.9. The van der Waals surface area contributed by atoms with Gasteiger partial charge >= 0.3 is 0 Å². The van der Waals surface area contributed by atoms with Crippen molar-refractivity contribution < 1.29 is 9.59 Å². The van der Waals surface area contributed by atoms with E-state index in [4.69, 9.17) is 23.2 Å². The Labute approximate surface area is 212 Å². The Hall–Kier alpha value is -3.24. The van der Waals surface area contributed by atoms with Gasteiger partial charge < -0.3 is 5.32 Å². The van der Waals surface area contributed by atoms with Crippen molar-refractivity contribution in [1.29, 1.82) is 5.26 Å². The standard InChI is InChI=1S/C26H19Cl2N3O2S/c1-16-7-8-17(13-22(16)28)14-23-25(33)31(20-5-3-2-4-6-20)26(34-23)21(15-29)24(32)30-19-11-9-18(27)10-12-19/h2-13,23H,14H2,1H3,(H,30,32)/b26-21-/t23-/m1/s1. The fourth-order valence-corrected chi connectivity index (χ4v) is 5.14. The molecule has 0 spiro atoms. The van der Waals surface area contributed by atoms with E-state index in [0.717, 1.165) is 11.1 Å². The zero-order valence-corrected chi connectivity index (χ0v) is 20.4. The monoisotopic (exact) mass is 507 g/mol. The number of thioether (sulfide) groups is 1. The molecule has 0 aliphatic carbocycles.